The fraction of sp³-hybridized carbons (Fsp3) is 0.533. The van der Waals surface area contributed by atoms with Crippen molar-refractivity contribution in [2.45, 2.75) is 31.9 Å². The van der Waals surface area contributed by atoms with Crippen molar-refractivity contribution in [1.29, 1.82) is 0 Å². The number of amides is 1. The Kier molecular flexibility index (Phi) is 6.46. The predicted molar refractivity (Wildman–Crippen MR) is 81.6 cm³/mol. The topological polar surface area (TPSA) is 66.6 Å². The molecule has 1 heterocycles. The van der Waals surface area contributed by atoms with Crippen LogP contribution in [0.5, 0.6) is 0 Å². The standard InChI is InChI=1S/C15H22N2O2.ClH/c1-11(18)12-7-9-17(10-8-12)15(19)14(16)13-5-3-2-4-6-13;/h2-6,11-12,14,18H,7-10,16H2,1H3;1H. The molecule has 2 unspecified atom stereocenters. The highest BCUT2D eigenvalue weighted by molar-refractivity contribution is 5.85. The molecule has 0 aromatic heterocycles. The highest BCUT2D eigenvalue weighted by atomic mass is 35.5. The van der Waals surface area contributed by atoms with Crippen LogP contribution >= 0.6 is 12.4 Å². The van der Waals surface area contributed by atoms with Gasteiger partial charge in [-0.25, -0.2) is 0 Å². The Balaban J connectivity index is 0.00000200. The quantitative estimate of drug-likeness (QED) is 0.893. The normalized spacial score (nSPS) is 19.1. The second kappa shape index (κ2) is 7.62. The van der Waals surface area contributed by atoms with Gasteiger partial charge >= 0.3 is 0 Å². The van der Waals surface area contributed by atoms with E-state index < -0.39 is 6.04 Å². The van der Waals surface area contributed by atoms with Crippen LogP contribution in [0.3, 0.4) is 0 Å². The molecule has 1 amide bonds. The first-order valence-electron chi connectivity index (χ1n) is 6.87. The minimum absolute atomic E-state index is 0. The van der Waals surface area contributed by atoms with Crippen molar-refractivity contribution in [2.75, 3.05) is 13.1 Å². The van der Waals surface area contributed by atoms with E-state index in [4.69, 9.17) is 5.73 Å². The number of carbonyl (C=O) groups is 1. The molecule has 2 atom stereocenters. The van der Waals surface area contributed by atoms with E-state index in [-0.39, 0.29) is 24.4 Å². The third-order valence-electron chi connectivity index (χ3n) is 3.96. The van der Waals surface area contributed by atoms with Gasteiger partial charge < -0.3 is 15.7 Å². The van der Waals surface area contributed by atoms with Crippen molar-refractivity contribution in [3.05, 3.63) is 35.9 Å². The van der Waals surface area contributed by atoms with Gasteiger partial charge in [-0.2, -0.15) is 0 Å². The van der Waals surface area contributed by atoms with Crippen LogP contribution < -0.4 is 5.73 Å². The lowest BCUT2D eigenvalue weighted by Gasteiger charge is -2.34. The first-order valence-corrected chi connectivity index (χ1v) is 6.87. The molecule has 0 bridgehead atoms. The van der Waals surface area contributed by atoms with Crippen LogP contribution in [0.1, 0.15) is 31.4 Å². The number of rotatable bonds is 3. The zero-order chi connectivity index (χ0) is 13.8. The molecule has 2 rings (SSSR count). The molecule has 1 fully saturated rings. The van der Waals surface area contributed by atoms with Crippen LogP contribution in [0.4, 0.5) is 0 Å². The summed E-state index contributed by atoms with van der Waals surface area (Å²) in [5, 5.41) is 9.56. The second-order valence-electron chi connectivity index (χ2n) is 5.29. The van der Waals surface area contributed by atoms with Crippen LogP contribution in [0.2, 0.25) is 0 Å². The van der Waals surface area contributed by atoms with E-state index in [1.807, 2.05) is 42.2 Å². The molecule has 1 aromatic carbocycles. The number of carbonyl (C=O) groups excluding carboxylic acids is 1. The molecule has 0 radical (unpaired) electrons. The Hall–Kier alpha value is -1.10. The molecule has 1 saturated heterocycles. The minimum atomic E-state index is -0.579. The summed E-state index contributed by atoms with van der Waals surface area (Å²) >= 11 is 0. The average Bonchev–Trinajstić information content (AvgIpc) is 2.46. The summed E-state index contributed by atoms with van der Waals surface area (Å²) in [6.07, 6.45) is 1.41. The maximum absolute atomic E-state index is 12.3. The number of aliphatic hydroxyl groups excluding tert-OH is 1. The molecule has 5 heteroatoms. The largest absolute Gasteiger partial charge is 0.393 e. The van der Waals surface area contributed by atoms with Gasteiger partial charge in [-0.3, -0.25) is 4.79 Å². The lowest BCUT2D eigenvalue weighted by Crippen LogP contribution is -2.44. The summed E-state index contributed by atoms with van der Waals surface area (Å²) in [4.78, 5) is 14.1. The van der Waals surface area contributed by atoms with E-state index in [1.54, 1.807) is 0 Å². The van der Waals surface area contributed by atoms with Gasteiger partial charge in [-0.05, 0) is 31.2 Å². The Bertz CT molecular complexity index is 417. The third-order valence-corrected chi connectivity index (χ3v) is 3.96. The van der Waals surface area contributed by atoms with Gasteiger partial charge in [-0.15, -0.1) is 12.4 Å². The molecule has 1 aliphatic rings. The third kappa shape index (κ3) is 3.95. The van der Waals surface area contributed by atoms with Crippen LogP contribution in [0.25, 0.3) is 0 Å². The summed E-state index contributed by atoms with van der Waals surface area (Å²) in [7, 11) is 0. The van der Waals surface area contributed by atoms with E-state index in [2.05, 4.69) is 0 Å². The summed E-state index contributed by atoms with van der Waals surface area (Å²) in [5.41, 5.74) is 6.88. The van der Waals surface area contributed by atoms with Crippen molar-refractivity contribution in [2.24, 2.45) is 11.7 Å². The molecule has 0 aliphatic carbocycles. The first-order chi connectivity index (χ1) is 9.09. The highest BCUT2D eigenvalue weighted by Crippen LogP contribution is 2.22. The Labute approximate surface area is 126 Å². The molecule has 112 valence electrons. The molecule has 1 aromatic rings. The number of halogens is 1. The van der Waals surface area contributed by atoms with Gasteiger partial charge in [0.2, 0.25) is 5.91 Å². The summed E-state index contributed by atoms with van der Waals surface area (Å²) in [5.74, 6) is 0.284. The van der Waals surface area contributed by atoms with Crippen LogP contribution in [0, 0.1) is 5.92 Å². The molecule has 20 heavy (non-hydrogen) atoms. The SMILES string of the molecule is CC(O)C1CCN(C(=O)C(N)c2ccccc2)CC1.Cl. The zero-order valence-corrected chi connectivity index (χ0v) is 12.6. The van der Waals surface area contributed by atoms with Gasteiger partial charge in [0.05, 0.1) is 6.10 Å². The van der Waals surface area contributed by atoms with E-state index in [0.29, 0.717) is 19.0 Å². The maximum atomic E-state index is 12.3. The Morgan fingerprint density at radius 2 is 1.85 bits per heavy atom. The van der Waals surface area contributed by atoms with E-state index >= 15 is 0 Å². The zero-order valence-electron chi connectivity index (χ0n) is 11.7. The Morgan fingerprint density at radius 1 is 1.30 bits per heavy atom. The summed E-state index contributed by atoms with van der Waals surface area (Å²) in [6, 6.07) is 8.87. The number of nitrogens with zero attached hydrogens (tertiary/aromatic N) is 1. The van der Waals surface area contributed by atoms with Gasteiger partial charge in [0.25, 0.3) is 0 Å². The number of hydrogen-bond donors (Lipinski definition) is 2. The van der Waals surface area contributed by atoms with Crippen LogP contribution in [-0.4, -0.2) is 35.1 Å². The number of benzene rings is 1. The van der Waals surface area contributed by atoms with E-state index in [9.17, 15) is 9.90 Å². The molecule has 1 aliphatic heterocycles. The lowest BCUT2D eigenvalue weighted by molar-refractivity contribution is -0.134. The average molecular weight is 299 g/mol. The van der Waals surface area contributed by atoms with Crippen LogP contribution in [-0.2, 0) is 4.79 Å². The Morgan fingerprint density at radius 3 is 2.35 bits per heavy atom. The fourth-order valence-electron chi connectivity index (χ4n) is 2.60. The number of likely N-dealkylation sites (tertiary alicyclic amines) is 1. The molecule has 0 spiro atoms. The molecule has 4 nitrogen and oxygen atoms in total. The minimum Gasteiger partial charge on any atom is -0.393 e. The predicted octanol–water partition coefficient (Wildman–Crippen LogP) is 1.73. The van der Waals surface area contributed by atoms with Gasteiger partial charge in [-0.1, -0.05) is 30.3 Å². The highest BCUT2D eigenvalue weighted by Gasteiger charge is 2.28. The van der Waals surface area contributed by atoms with Gasteiger partial charge in [0.1, 0.15) is 6.04 Å². The van der Waals surface area contributed by atoms with Gasteiger partial charge in [0.15, 0.2) is 0 Å². The number of hydrogen-bond acceptors (Lipinski definition) is 3. The summed E-state index contributed by atoms with van der Waals surface area (Å²) < 4.78 is 0. The van der Waals surface area contributed by atoms with Crippen molar-refractivity contribution in [3.8, 4) is 0 Å². The van der Waals surface area contributed by atoms with Gasteiger partial charge in [0, 0.05) is 13.1 Å². The summed E-state index contributed by atoms with van der Waals surface area (Å²) in [6.45, 7) is 3.20. The van der Waals surface area contributed by atoms with E-state index in [1.165, 1.54) is 0 Å². The van der Waals surface area contributed by atoms with Crippen LogP contribution in [0.15, 0.2) is 30.3 Å². The fourth-order valence-corrected chi connectivity index (χ4v) is 2.60. The number of nitrogens with two attached hydrogens (primary N) is 1. The monoisotopic (exact) mass is 298 g/mol. The van der Waals surface area contributed by atoms with E-state index in [0.717, 1.165) is 18.4 Å². The molecular formula is C15H23ClN2O2. The van der Waals surface area contributed by atoms with Crippen molar-refractivity contribution in [1.82, 2.24) is 4.90 Å². The smallest absolute Gasteiger partial charge is 0.244 e. The lowest BCUT2D eigenvalue weighted by atomic mass is 9.91. The number of piperidine rings is 1. The number of aliphatic hydroxyl groups is 1. The van der Waals surface area contributed by atoms with Crippen molar-refractivity contribution < 1.29 is 9.90 Å². The molecule has 0 saturated carbocycles. The second-order valence-corrected chi connectivity index (χ2v) is 5.29. The van der Waals surface area contributed by atoms with Crippen molar-refractivity contribution in [3.63, 3.8) is 0 Å². The molecular weight excluding hydrogens is 276 g/mol. The van der Waals surface area contributed by atoms with Crippen molar-refractivity contribution >= 4 is 18.3 Å². The first kappa shape index (κ1) is 17.0. The maximum Gasteiger partial charge on any atom is 0.244 e. The molecule has 3 N–H and O–H groups in total.